The molecule has 1 aromatic heterocycles. The molecule has 0 bridgehead atoms. The van der Waals surface area contributed by atoms with Crippen LogP contribution in [0, 0.1) is 0 Å². The van der Waals surface area contributed by atoms with E-state index in [0.717, 1.165) is 47.6 Å². The fourth-order valence-corrected chi connectivity index (χ4v) is 3.61. The minimum atomic E-state index is -0.230. The molecule has 21 heavy (non-hydrogen) atoms. The fraction of sp³-hybridized carbons (Fsp3) is 0.235. The van der Waals surface area contributed by atoms with E-state index in [1.165, 1.54) is 0 Å². The van der Waals surface area contributed by atoms with Crippen LogP contribution < -0.4 is 5.63 Å². The molecule has 0 spiro atoms. The van der Waals surface area contributed by atoms with E-state index in [1.807, 2.05) is 18.2 Å². The van der Waals surface area contributed by atoms with Gasteiger partial charge in [-0.1, -0.05) is 6.07 Å². The van der Waals surface area contributed by atoms with E-state index in [1.54, 1.807) is 6.07 Å². The Morgan fingerprint density at radius 2 is 1.62 bits per heavy atom. The van der Waals surface area contributed by atoms with Gasteiger partial charge in [-0.15, -0.1) is 0 Å². The summed E-state index contributed by atoms with van der Waals surface area (Å²) in [6.07, 6.45) is 3.88. The Hall–Kier alpha value is -1.81. The van der Waals surface area contributed by atoms with Crippen molar-refractivity contribution < 1.29 is 9.52 Å². The Bertz CT molecular complexity index is 940. The van der Waals surface area contributed by atoms with Crippen molar-refractivity contribution in [1.82, 2.24) is 0 Å². The Balaban J connectivity index is 2.20. The molecule has 0 amide bonds. The van der Waals surface area contributed by atoms with Gasteiger partial charge in [0.1, 0.15) is 11.3 Å². The summed E-state index contributed by atoms with van der Waals surface area (Å²) in [5.41, 5.74) is 2.30. The van der Waals surface area contributed by atoms with Crippen LogP contribution in [0.3, 0.4) is 0 Å². The minimum Gasteiger partial charge on any atom is -0.506 e. The Morgan fingerprint density at radius 1 is 0.952 bits per heavy atom. The molecule has 106 valence electrons. The minimum absolute atomic E-state index is 0.176. The molecule has 1 aliphatic carbocycles. The molecule has 0 atom stereocenters. The molecule has 2 aromatic carbocycles. The van der Waals surface area contributed by atoms with E-state index in [4.69, 9.17) is 4.42 Å². The maximum absolute atomic E-state index is 12.2. The van der Waals surface area contributed by atoms with Crippen molar-refractivity contribution in [3.63, 3.8) is 0 Å². The lowest BCUT2D eigenvalue weighted by molar-refractivity contribution is 0.478. The zero-order valence-electron chi connectivity index (χ0n) is 11.3. The molecule has 0 saturated carbocycles. The van der Waals surface area contributed by atoms with Gasteiger partial charge in [-0.25, -0.2) is 4.79 Å². The molecular weight excluding hydrogens is 332 g/mol. The number of fused-ring (bicyclic) bond motifs is 5. The van der Waals surface area contributed by atoms with E-state index in [0.29, 0.717) is 15.4 Å². The molecule has 0 aliphatic heterocycles. The topological polar surface area (TPSA) is 50.4 Å². The molecule has 0 saturated heterocycles. The first-order chi connectivity index (χ1) is 10.2. The van der Waals surface area contributed by atoms with Crippen LogP contribution in [0.25, 0.3) is 21.7 Å². The van der Waals surface area contributed by atoms with Crippen LogP contribution in [-0.2, 0) is 12.8 Å². The maximum atomic E-state index is 12.2. The Labute approximate surface area is 129 Å². The van der Waals surface area contributed by atoms with E-state index in [-0.39, 0.29) is 11.4 Å². The summed E-state index contributed by atoms with van der Waals surface area (Å²) >= 11 is 3.31. The highest BCUT2D eigenvalue weighted by Gasteiger charge is 2.19. The van der Waals surface area contributed by atoms with Crippen molar-refractivity contribution >= 4 is 37.7 Å². The highest BCUT2D eigenvalue weighted by molar-refractivity contribution is 9.10. The van der Waals surface area contributed by atoms with Gasteiger partial charge in [-0.3, -0.25) is 0 Å². The van der Waals surface area contributed by atoms with E-state index < -0.39 is 0 Å². The number of halogens is 1. The number of phenolic OH excluding ortho intramolecular Hbond substituents is 1. The zero-order chi connectivity index (χ0) is 14.6. The van der Waals surface area contributed by atoms with Crippen LogP contribution in [0.15, 0.2) is 37.9 Å². The second-order valence-electron chi connectivity index (χ2n) is 5.49. The Morgan fingerprint density at radius 3 is 2.43 bits per heavy atom. The second-order valence-corrected chi connectivity index (χ2v) is 6.34. The van der Waals surface area contributed by atoms with Gasteiger partial charge in [0.25, 0.3) is 0 Å². The highest BCUT2D eigenvalue weighted by Crippen LogP contribution is 2.37. The zero-order valence-corrected chi connectivity index (χ0v) is 12.9. The van der Waals surface area contributed by atoms with Gasteiger partial charge in [-0.2, -0.15) is 0 Å². The van der Waals surface area contributed by atoms with Crippen LogP contribution in [-0.4, -0.2) is 5.11 Å². The first kappa shape index (κ1) is 12.9. The average molecular weight is 345 g/mol. The molecule has 4 rings (SSSR count). The van der Waals surface area contributed by atoms with Gasteiger partial charge in [0.2, 0.25) is 0 Å². The van der Waals surface area contributed by atoms with E-state index >= 15 is 0 Å². The lowest BCUT2D eigenvalue weighted by Crippen LogP contribution is -2.15. The summed E-state index contributed by atoms with van der Waals surface area (Å²) in [5.74, 6) is 0.176. The normalized spacial score (nSPS) is 14.5. The summed E-state index contributed by atoms with van der Waals surface area (Å²) in [6.45, 7) is 0. The molecule has 3 nitrogen and oxygen atoms in total. The van der Waals surface area contributed by atoms with Crippen molar-refractivity contribution in [2.75, 3.05) is 0 Å². The average Bonchev–Trinajstić information content (AvgIpc) is 2.51. The van der Waals surface area contributed by atoms with Crippen LogP contribution in [0.1, 0.15) is 24.0 Å². The van der Waals surface area contributed by atoms with Crippen LogP contribution in [0.4, 0.5) is 0 Å². The molecule has 0 radical (unpaired) electrons. The number of aromatic hydroxyl groups is 1. The summed E-state index contributed by atoms with van der Waals surface area (Å²) in [4.78, 5) is 12.2. The van der Waals surface area contributed by atoms with Gasteiger partial charge in [0.05, 0.1) is 4.47 Å². The predicted molar refractivity (Wildman–Crippen MR) is 86.0 cm³/mol. The maximum Gasteiger partial charge on any atom is 0.339 e. The summed E-state index contributed by atoms with van der Waals surface area (Å²) in [5, 5.41) is 12.6. The smallest absolute Gasteiger partial charge is 0.339 e. The van der Waals surface area contributed by atoms with Gasteiger partial charge in [0.15, 0.2) is 0 Å². The second kappa shape index (κ2) is 4.60. The van der Waals surface area contributed by atoms with Gasteiger partial charge < -0.3 is 9.52 Å². The third-order valence-electron chi connectivity index (χ3n) is 4.31. The molecule has 1 aliphatic rings. The lowest BCUT2D eigenvalue weighted by atomic mass is 9.90. The number of aryl methyl sites for hydroxylation is 1. The number of hydrogen-bond donors (Lipinski definition) is 1. The summed E-state index contributed by atoms with van der Waals surface area (Å²) < 4.78 is 6.22. The largest absolute Gasteiger partial charge is 0.506 e. The number of hydrogen-bond acceptors (Lipinski definition) is 3. The first-order valence-electron chi connectivity index (χ1n) is 7.05. The quantitative estimate of drug-likeness (QED) is 0.488. The molecule has 1 N–H and O–H groups in total. The Kier molecular flexibility index (Phi) is 2.82. The number of benzene rings is 2. The van der Waals surface area contributed by atoms with Crippen molar-refractivity contribution in [1.29, 1.82) is 0 Å². The van der Waals surface area contributed by atoms with Crippen LogP contribution in [0.2, 0.25) is 0 Å². The van der Waals surface area contributed by atoms with Gasteiger partial charge >= 0.3 is 5.63 Å². The summed E-state index contributed by atoms with van der Waals surface area (Å²) in [7, 11) is 0. The fourth-order valence-electron chi connectivity index (χ4n) is 3.27. The first-order valence-corrected chi connectivity index (χ1v) is 7.85. The van der Waals surface area contributed by atoms with Crippen molar-refractivity contribution in [2.24, 2.45) is 0 Å². The van der Waals surface area contributed by atoms with Crippen molar-refractivity contribution in [3.05, 3.63) is 50.3 Å². The molecule has 3 aromatic rings. The van der Waals surface area contributed by atoms with Crippen LogP contribution in [0.5, 0.6) is 5.75 Å². The number of phenols is 1. The van der Waals surface area contributed by atoms with E-state index in [2.05, 4.69) is 15.9 Å². The third-order valence-corrected chi connectivity index (χ3v) is 4.95. The van der Waals surface area contributed by atoms with Crippen molar-refractivity contribution in [3.8, 4) is 5.75 Å². The number of rotatable bonds is 0. The lowest BCUT2D eigenvalue weighted by Gasteiger charge is -2.17. The molecule has 1 heterocycles. The van der Waals surface area contributed by atoms with Crippen LogP contribution >= 0.6 is 15.9 Å². The molecule has 0 fully saturated rings. The predicted octanol–water partition coefficient (Wildman–Crippen LogP) is 4.29. The highest BCUT2D eigenvalue weighted by atomic mass is 79.9. The van der Waals surface area contributed by atoms with Gasteiger partial charge in [0, 0.05) is 21.7 Å². The third kappa shape index (κ3) is 1.82. The SMILES string of the molecule is O=c1oc2c(ccc3c(O)c(Br)ccc32)c2c1CCCC2. The van der Waals surface area contributed by atoms with E-state index in [9.17, 15) is 9.90 Å². The monoisotopic (exact) mass is 344 g/mol. The molecule has 4 heteroatoms. The van der Waals surface area contributed by atoms with Gasteiger partial charge in [-0.05, 0) is 65.4 Å². The molecule has 0 unspecified atom stereocenters. The standard InChI is InChI=1S/C17H13BrO3/c18-14-8-7-12-10(15(14)19)5-6-11-9-3-1-2-4-13(9)17(20)21-16(11)12/h5-8,19H,1-4H2. The summed E-state index contributed by atoms with van der Waals surface area (Å²) in [6, 6.07) is 7.50. The molecular formula is C17H13BrO3. The van der Waals surface area contributed by atoms with Crippen molar-refractivity contribution in [2.45, 2.75) is 25.7 Å².